The number of hydrogen-bond acceptors (Lipinski definition) is 4. The Labute approximate surface area is 111 Å². The van der Waals surface area contributed by atoms with E-state index in [4.69, 9.17) is 5.73 Å². The summed E-state index contributed by atoms with van der Waals surface area (Å²) in [6.45, 7) is 1.95. The first kappa shape index (κ1) is 13.0. The van der Waals surface area contributed by atoms with Gasteiger partial charge in [-0.3, -0.25) is 4.68 Å². The molecule has 0 saturated carbocycles. The smallest absolute Gasteiger partial charge is 0.0940 e. The predicted molar refractivity (Wildman–Crippen MR) is 74.5 cm³/mol. The van der Waals surface area contributed by atoms with E-state index in [1.165, 1.54) is 0 Å². The maximum absolute atomic E-state index is 10.1. The molecule has 1 atom stereocenters. The van der Waals surface area contributed by atoms with E-state index in [0.29, 0.717) is 11.4 Å². The second kappa shape index (κ2) is 5.46. The van der Waals surface area contributed by atoms with E-state index in [-0.39, 0.29) is 0 Å². The molecule has 4 nitrogen and oxygen atoms in total. The van der Waals surface area contributed by atoms with Crippen molar-refractivity contribution in [2.24, 2.45) is 7.05 Å². The average molecular weight is 263 g/mol. The van der Waals surface area contributed by atoms with Crippen LogP contribution in [-0.2, 0) is 7.05 Å². The SMILES string of the molecule is Cc1cc(SCC(O)c2ccccc2N)n(C)n1. The molecule has 1 aromatic carbocycles. The van der Waals surface area contributed by atoms with E-state index in [1.807, 2.05) is 42.9 Å². The fourth-order valence-electron chi connectivity index (χ4n) is 1.79. The number of nitrogens with zero attached hydrogens (tertiary/aromatic N) is 2. The maximum Gasteiger partial charge on any atom is 0.0940 e. The third-order valence-corrected chi connectivity index (χ3v) is 3.86. The predicted octanol–water partition coefficient (Wildman–Crippen LogP) is 2.14. The molecule has 2 rings (SSSR count). The molecule has 0 bridgehead atoms. The van der Waals surface area contributed by atoms with Crippen LogP contribution in [0.1, 0.15) is 17.4 Å². The van der Waals surface area contributed by atoms with Gasteiger partial charge in [-0.05, 0) is 19.1 Å². The zero-order chi connectivity index (χ0) is 13.1. The Morgan fingerprint density at radius 1 is 1.44 bits per heavy atom. The van der Waals surface area contributed by atoms with Crippen molar-refractivity contribution < 1.29 is 5.11 Å². The first-order valence-corrected chi connectivity index (χ1v) is 6.72. The second-order valence-electron chi connectivity index (χ2n) is 4.20. The standard InChI is InChI=1S/C13H17N3OS/c1-9-7-13(16(2)15-9)18-8-12(17)10-5-3-4-6-11(10)14/h3-7,12,17H,8,14H2,1-2H3. The molecule has 3 N–H and O–H groups in total. The van der Waals surface area contributed by atoms with Crippen LogP contribution in [0.3, 0.4) is 0 Å². The summed E-state index contributed by atoms with van der Waals surface area (Å²) in [4.78, 5) is 0. The zero-order valence-corrected chi connectivity index (χ0v) is 11.3. The molecule has 0 aliphatic carbocycles. The summed E-state index contributed by atoms with van der Waals surface area (Å²) in [6.07, 6.45) is -0.564. The van der Waals surface area contributed by atoms with Crippen molar-refractivity contribution in [2.45, 2.75) is 18.1 Å². The number of aromatic nitrogens is 2. The molecule has 0 saturated heterocycles. The zero-order valence-electron chi connectivity index (χ0n) is 10.5. The van der Waals surface area contributed by atoms with Crippen LogP contribution in [0.15, 0.2) is 35.4 Å². The Balaban J connectivity index is 2.03. The fourth-order valence-corrected chi connectivity index (χ4v) is 2.78. The van der Waals surface area contributed by atoms with Gasteiger partial charge < -0.3 is 10.8 Å². The monoisotopic (exact) mass is 263 g/mol. The van der Waals surface area contributed by atoms with Crippen LogP contribution >= 0.6 is 11.8 Å². The highest BCUT2D eigenvalue weighted by Crippen LogP contribution is 2.27. The molecule has 18 heavy (non-hydrogen) atoms. The average Bonchev–Trinajstić information content (AvgIpc) is 2.65. The molecule has 1 aromatic heterocycles. The van der Waals surface area contributed by atoms with Crippen molar-refractivity contribution in [2.75, 3.05) is 11.5 Å². The van der Waals surface area contributed by atoms with Crippen LogP contribution in [0.4, 0.5) is 5.69 Å². The van der Waals surface area contributed by atoms with E-state index >= 15 is 0 Å². The number of aliphatic hydroxyl groups excluding tert-OH is 1. The van der Waals surface area contributed by atoms with Crippen LogP contribution < -0.4 is 5.73 Å². The van der Waals surface area contributed by atoms with Crippen LogP contribution in [-0.4, -0.2) is 20.6 Å². The molecule has 0 aliphatic rings. The van der Waals surface area contributed by atoms with Crippen LogP contribution in [0, 0.1) is 6.92 Å². The number of anilines is 1. The first-order valence-electron chi connectivity index (χ1n) is 5.74. The summed E-state index contributed by atoms with van der Waals surface area (Å²) < 4.78 is 1.82. The van der Waals surface area contributed by atoms with Gasteiger partial charge in [-0.15, -0.1) is 11.8 Å². The van der Waals surface area contributed by atoms with Gasteiger partial charge in [-0.25, -0.2) is 0 Å². The number of hydrogen-bond donors (Lipinski definition) is 2. The van der Waals surface area contributed by atoms with Gasteiger partial charge >= 0.3 is 0 Å². The van der Waals surface area contributed by atoms with Crippen molar-refractivity contribution in [1.82, 2.24) is 9.78 Å². The number of thioether (sulfide) groups is 1. The van der Waals surface area contributed by atoms with Gasteiger partial charge in [-0.2, -0.15) is 5.10 Å². The number of aryl methyl sites for hydroxylation is 2. The topological polar surface area (TPSA) is 64.1 Å². The summed E-state index contributed by atoms with van der Waals surface area (Å²) in [5.41, 5.74) is 8.23. The van der Waals surface area contributed by atoms with Crippen molar-refractivity contribution in [3.8, 4) is 0 Å². The number of nitrogen functional groups attached to an aromatic ring is 1. The lowest BCUT2D eigenvalue weighted by Crippen LogP contribution is -2.05. The van der Waals surface area contributed by atoms with Gasteiger partial charge in [0.2, 0.25) is 0 Å². The lowest BCUT2D eigenvalue weighted by Gasteiger charge is -2.12. The minimum absolute atomic E-state index is 0.563. The van der Waals surface area contributed by atoms with Crippen molar-refractivity contribution in [3.05, 3.63) is 41.6 Å². The fraction of sp³-hybridized carbons (Fsp3) is 0.308. The molecule has 96 valence electrons. The lowest BCUT2D eigenvalue weighted by atomic mass is 10.1. The number of benzene rings is 1. The Hall–Kier alpha value is -1.46. The van der Waals surface area contributed by atoms with Gasteiger partial charge in [0.15, 0.2) is 0 Å². The number of para-hydroxylation sites is 1. The minimum Gasteiger partial charge on any atom is -0.398 e. The molecule has 0 amide bonds. The molecule has 0 spiro atoms. The van der Waals surface area contributed by atoms with Gasteiger partial charge in [0.05, 0.1) is 16.8 Å². The van der Waals surface area contributed by atoms with Crippen molar-refractivity contribution >= 4 is 17.4 Å². The number of nitrogens with two attached hydrogens (primary N) is 1. The van der Waals surface area contributed by atoms with E-state index < -0.39 is 6.10 Å². The maximum atomic E-state index is 10.1. The Kier molecular flexibility index (Phi) is 3.93. The molecular weight excluding hydrogens is 246 g/mol. The van der Waals surface area contributed by atoms with E-state index in [2.05, 4.69) is 5.10 Å². The van der Waals surface area contributed by atoms with Gasteiger partial charge in [0.25, 0.3) is 0 Å². The van der Waals surface area contributed by atoms with E-state index in [1.54, 1.807) is 17.8 Å². The summed E-state index contributed by atoms with van der Waals surface area (Å²) in [7, 11) is 1.90. The molecule has 1 unspecified atom stereocenters. The highest BCUT2D eigenvalue weighted by molar-refractivity contribution is 7.99. The summed E-state index contributed by atoms with van der Waals surface area (Å²) in [5.74, 6) is 0.563. The third-order valence-electron chi connectivity index (χ3n) is 2.70. The molecule has 0 fully saturated rings. The molecule has 0 radical (unpaired) electrons. The highest BCUT2D eigenvalue weighted by Gasteiger charge is 2.12. The Bertz CT molecular complexity index is 539. The van der Waals surface area contributed by atoms with Gasteiger partial charge in [0.1, 0.15) is 0 Å². The molecule has 5 heteroatoms. The number of rotatable bonds is 4. The highest BCUT2D eigenvalue weighted by atomic mass is 32.2. The third kappa shape index (κ3) is 2.86. The van der Waals surface area contributed by atoms with Crippen molar-refractivity contribution in [3.63, 3.8) is 0 Å². The van der Waals surface area contributed by atoms with Crippen LogP contribution in [0.5, 0.6) is 0 Å². The van der Waals surface area contributed by atoms with E-state index in [9.17, 15) is 5.11 Å². The Morgan fingerprint density at radius 2 is 2.17 bits per heavy atom. The second-order valence-corrected chi connectivity index (χ2v) is 5.24. The lowest BCUT2D eigenvalue weighted by molar-refractivity contribution is 0.205. The Morgan fingerprint density at radius 3 is 2.78 bits per heavy atom. The largest absolute Gasteiger partial charge is 0.398 e. The molecule has 2 aromatic rings. The van der Waals surface area contributed by atoms with Crippen molar-refractivity contribution in [1.29, 1.82) is 0 Å². The molecular formula is C13H17N3OS. The quantitative estimate of drug-likeness (QED) is 0.655. The minimum atomic E-state index is -0.564. The van der Waals surface area contributed by atoms with Gasteiger partial charge in [-0.1, -0.05) is 18.2 Å². The normalized spacial score (nSPS) is 12.6. The van der Waals surface area contributed by atoms with Crippen LogP contribution in [0.25, 0.3) is 0 Å². The van der Waals surface area contributed by atoms with E-state index in [0.717, 1.165) is 16.3 Å². The molecule has 1 heterocycles. The van der Waals surface area contributed by atoms with Crippen LogP contribution in [0.2, 0.25) is 0 Å². The first-order chi connectivity index (χ1) is 8.58. The summed E-state index contributed by atoms with van der Waals surface area (Å²) in [5, 5.41) is 15.4. The summed E-state index contributed by atoms with van der Waals surface area (Å²) in [6, 6.07) is 9.41. The summed E-state index contributed by atoms with van der Waals surface area (Å²) >= 11 is 1.57. The number of aliphatic hydroxyl groups is 1. The van der Waals surface area contributed by atoms with Gasteiger partial charge in [0, 0.05) is 24.1 Å². The molecule has 0 aliphatic heterocycles.